The lowest BCUT2D eigenvalue weighted by Crippen LogP contribution is -2.15. The molecule has 0 radical (unpaired) electrons. The smallest absolute Gasteiger partial charge is 0.272 e. The van der Waals surface area contributed by atoms with Crippen molar-refractivity contribution < 1.29 is 9.59 Å². The Hall–Kier alpha value is -2.84. The minimum Gasteiger partial charge on any atom is -0.366 e. The molecule has 8 nitrogen and oxygen atoms in total. The van der Waals surface area contributed by atoms with Crippen molar-refractivity contribution in [2.75, 3.05) is 5.32 Å². The molecule has 2 amide bonds. The summed E-state index contributed by atoms with van der Waals surface area (Å²) >= 11 is 11.9. The first kappa shape index (κ1) is 17.0. The number of hydrogen-bond acceptors (Lipinski definition) is 4. The first-order valence-electron chi connectivity index (χ1n) is 6.99. The number of halogens is 2. The van der Waals surface area contributed by atoms with Gasteiger partial charge in [-0.3, -0.25) is 9.59 Å². The average Bonchev–Trinajstić information content (AvgIpc) is 3.14. The zero-order valence-electron chi connectivity index (χ0n) is 12.9. The van der Waals surface area contributed by atoms with Crippen molar-refractivity contribution in [1.82, 2.24) is 19.3 Å². The van der Waals surface area contributed by atoms with E-state index < -0.39 is 11.8 Å². The van der Waals surface area contributed by atoms with E-state index in [4.69, 9.17) is 28.9 Å². The lowest BCUT2D eigenvalue weighted by molar-refractivity contribution is 0.0998. The summed E-state index contributed by atoms with van der Waals surface area (Å²) < 4.78 is 2.92. The predicted molar refractivity (Wildman–Crippen MR) is 93.3 cm³/mol. The number of amides is 2. The molecular weight excluding hydrogens is 367 g/mol. The van der Waals surface area contributed by atoms with Crippen molar-refractivity contribution in [2.45, 2.75) is 0 Å². The molecule has 0 aliphatic carbocycles. The van der Waals surface area contributed by atoms with Crippen LogP contribution >= 0.6 is 23.2 Å². The van der Waals surface area contributed by atoms with Gasteiger partial charge in [-0.2, -0.15) is 5.10 Å². The van der Waals surface area contributed by atoms with Gasteiger partial charge in [0.2, 0.25) is 5.91 Å². The summed E-state index contributed by atoms with van der Waals surface area (Å²) in [5.41, 5.74) is 6.18. The Morgan fingerprint density at radius 1 is 1.20 bits per heavy atom. The molecule has 0 saturated heterocycles. The van der Waals surface area contributed by atoms with Crippen LogP contribution in [0.3, 0.4) is 0 Å². The molecule has 25 heavy (non-hydrogen) atoms. The van der Waals surface area contributed by atoms with Gasteiger partial charge in [0, 0.05) is 19.4 Å². The maximum atomic E-state index is 12.3. The summed E-state index contributed by atoms with van der Waals surface area (Å²) in [6, 6.07) is 2.96. The Morgan fingerprint density at radius 3 is 2.60 bits per heavy atom. The standard InChI is InChI=1S/C15H12Cl2N6O2/c1-22-6-8(13(18)24)2-12(22)15(25)21-10-5-20-23(7-10)14-11(17)3-9(16)4-19-14/h2-7H,1H3,(H2,18,24)(H,21,25). The van der Waals surface area contributed by atoms with Crippen molar-refractivity contribution in [3.8, 4) is 5.82 Å². The van der Waals surface area contributed by atoms with E-state index in [-0.39, 0.29) is 11.3 Å². The van der Waals surface area contributed by atoms with E-state index in [0.29, 0.717) is 21.6 Å². The van der Waals surface area contributed by atoms with Crippen LogP contribution in [-0.4, -0.2) is 31.1 Å². The second-order valence-corrected chi connectivity index (χ2v) is 6.02. The Labute approximate surface area is 152 Å². The van der Waals surface area contributed by atoms with E-state index in [1.807, 2.05) is 0 Å². The van der Waals surface area contributed by atoms with Crippen LogP contribution in [0.4, 0.5) is 5.69 Å². The van der Waals surface area contributed by atoms with E-state index in [2.05, 4.69) is 15.4 Å². The largest absolute Gasteiger partial charge is 0.366 e. The number of pyridine rings is 1. The van der Waals surface area contributed by atoms with Gasteiger partial charge in [0.15, 0.2) is 5.82 Å². The van der Waals surface area contributed by atoms with Crippen LogP contribution in [0.1, 0.15) is 20.8 Å². The fourth-order valence-corrected chi connectivity index (χ4v) is 2.67. The second kappa shape index (κ2) is 6.58. The molecule has 0 aromatic carbocycles. The number of aromatic nitrogens is 4. The van der Waals surface area contributed by atoms with Gasteiger partial charge in [0.05, 0.1) is 33.7 Å². The van der Waals surface area contributed by atoms with Gasteiger partial charge in [0.25, 0.3) is 5.91 Å². The number of primary amides is 1. The van der Waals surface area contributed by atoms with Crippen molar-refractivity contribution in [3.63, 3.8) is 0 Å². The number of aryl methyl sites for hydroxylation is 1. The van der Waals surface area contributed by atoms with Crippen LogP contribution < -0.4 is 11.1 Å². The molecule has 3 heterocycles. The number of hydrogen-bond donors (Lipinski definition) is 2. The highest BCUT2D eigenvalue weighted by molar-refractivity contribution is 6.35. The normalized spacial score (nSPS) is 10.7. The first-order valence-corrected chi connectivity index (χ1v) is 7.74. The number of carbonyl (C=O) groups excluding carboxylic acids is 2. The highest BCUT2D eigenvalue weighted by atomic mass is 35.5. The van der Waals surface area contributed by atoms with Crippen LogP contribution in [0.5, 0.6) is 0 Å². The van der Waals surface area contributed by atoms with Gasteiger partial charge >= 0.3 is 0 Å². The summed E-state index contributed by atoms with van der Waals surface area (Å²) in [4.78, 5) is 27.7. The predicted octanol–water partition coefficient (Wildman–Crippen LogP) is 2.26. The van der Waals surface area contributed by atoms with Gasteiger partial charge in [-0.15, -0.1) is 0 Å². The van der Waals surface area contributed by atoms with Crippen LogP contribution in [-0.2, 0) is 7.05 Å². The van der Waals surface area contributed by atoms with Gasteiger partial charge < -0.3 is 15.6 Å². The fraction of sp³-hybridized carbons (Fsp3) is 0.0667. The lowest BCUT2D eigenvalue weighted by Gasteiger charge is -2.04. The molecule has 0 spiro atoms. The van der Waals surface area contributed by atoms with Gasteiger partial charge in [-0.05, 0) is 12.1 Å². The highest BCUT2D eigenvalue weighted by Gasteiger charge is 2.15. The minimum absolute atomic E-state index is 0.250. The maximum Gasteiger partial charge on any atom is 0.272 e. The molecule has 10 heteroatoms. The number of nitrogens with one attached hydrogen (secondary N) is 1. The molecule has 0 unspecified atom stereocenters. The lowest BCUT2D eigenvalue weighted by atomic mass is 10.3. The van der Waals surface area contributed by atoms with Crippen molar-refractivity contribution in [1.29, 1.82) is 0 Å². The van der Waals surface area contributed by atoms with E-state index in [0.717, 1.165) is 0 Å². The van der Waals surface area contributed by atoms with Gasteiger partial charge in [0.1, 0.15) is 5.69 Å². The Balaban J connectivity index is 1.81. The number of rotatable bonds is 4. The van der Waals surface area contributed by atoms with Crippen molar-refractivity contribution in [3.05, 3.63) is 58.2 Å². The van der Waals surface area contributed by atoms with Crippen LogP contribution in [0.2, 0.25) is 10.0 Å². The Bertz CT molecular complexity index is 978. The monoisotopic (exact) mass is 378 g/mol. The molecule has 0 fully saturated rings. The van der Waals surface area contributed by atoms with Crippen molar-refractivity contribution >= 4 is 40.7 Å². The third-order valence-electron chi connectivity index (χ3n) is 3.37. The van der Waals surface area contributed by atoms with Gasteiger partial charge in [-0.25, -0.2) is 9.67 Å². The zero-order chi connectivity index (χ0) is 18.1. The average molecular weight is 379 g/mol. The molecule has 3 aromatic rings. The van der Waals surface area contributed by atoms with Crippen LogP contribution in [0.15, 0.2) is 36.9 Å². The second-order valence-electron chi connectivity index (χ2n) is 5.18. The number of nitrogens with zero attached hydrogens (tertiary/aromatic N) is 4. The van der Waals surface area contributed by atoms with Gasteiger partial charge in [-0.1, -0.05) is 23.2 Å². The number of carbonyl (C=O) groups is 2. The molecule has 128 valence electrons. The van der Waals surface area contributed by atoms with E-state index >= 15 is 0 Å². The summed E-state index contributed by atoms with van der Waals surface area (Å²) in [6.45, 7) is 0. The van der Waals surface area contributed by atoms with Crippen LogP contribution in [0.25, 0.3) is 5.82 Å². The summed E-state index contributed by atoms with van der Waals surface area (Å²) in [5.74, 6) is -0.642. The Kier molecular flexibility index (Phi) is 4.47. The first-order chi connectivity index (χ1) is 11.8. The zero-order valence-corrected chi connectivity index (χ0v) is 14.4. The maximum absolute atomic E-state index is 12.3. The summed E-state index contributed by atoms with van der Waals surface area (Å²) in [6.07, 6.45) is 5.93. The van der Waals surface area contributed by atoms with Crippen molar-refractivity contribution in [2.24, 2.45) is 12.8 Å². The van der Waals surface area contributed by atoms with E-state index in [1.54, 1.807) is 19.3 Å². The number of anilines is 1. The topological polar surface area (TPSA) is 108 Å². The third kappa shape index (κ3) is 3.49. The van der Waals surface area contributed by atoms with E-state index in [1.165, 1.54) is 33.9 Å². The molecule has 3 N–H and O–H groups in total. The summed E-state index contributed by atoms with van der Waals surface area (Å²) in [5, 5.41) is 7.52. The fourth-order valence-electron chi connectivity index (χ4n) is 2.20. The molecule has 3 rings (SSSR count). The van der Waals surface area contributed by atoms with Crippen LogP contribution in [0, 0.1) is 0 Å². The Morgan fingerprint density at radius 2 is 1.96 bits per heavy atom. The molecule has 0 bridgehead atoms. The molecule has 0 aliphatic heterocycles. The molecule has 0 atom stereocenters. The third-order valence-corrected chi connectivity index (χ3v) is 3.85. The highest BCUT2D eigenvalue weighted by Crippen LogP contribution is 2.22. The summed E-state index contributed by atoms with van der Waals surface area (Å²) in [7, 11) is 1.64. The minimum atomic E-state index is -0.606. The molecule has 0 saturated carbocycles. The quantitative estimate of drug-likeness (QED) is 0.725. The molecule has 3 aromatic heterocycles. The SMILES string of the molecule is Cn1cc(C(N)=O)cc1C(=O)Nc1cnn(-c2ncc(Cl)cc2Cl)c1. The van der Waals surface area contributed by atoms with E-state index in [9.17, 15) is 9.59 Å². The molecular formula is C15H12Cl2N6O2. The molecule has 0 aliphatic rings. The number of nitrogens with two attached hydrogens (primary N) is 1.